The number of amides is 2. The molecule has 1 spiro atoms. The lowest BCUT2D eigenvalue weighted by Crippen LogP contribution is -2.39. The predicted molar refractivity (Wildman–Crippen MR) is 102 cm³/mol. The van der Waals surface area contributed by atoms with Crippen LogP contribution in [0.3, 0.4) is 0 Å². The van der Waals surface area contributed by atoms with Crippen molar-refractivity contribution in [1.82, 2.24) is 20.4 Å². The van der Waals surface area contributed by atoms with Gasteiger partial charge in [-0.25, -0.2) is 0 Å². The van der Waals surface area contributed by atoms with Crippen LogP contribution in [0.15, 0.2) is 5.51 Å². The van der Waals surface area contributed by atoms with Crippen molar-refractivity contribution < 1.29 is 9.59 Å². The molecule has 26 heavy (non-hydrogen) atoms. The Labute approximate surface area is 158 Å². The van der Waals surface area contributed by atoms with E-state index in [-0.39, 0.29) is 24.7 Å². The van der Waals surface area contributed by atoms with Crippen LogP contribution in [0.2, 0.25) is 0 Å². The Balaban J connectivity index is 1.32. The molecule has 3 rings (SSSR count). The lowest BCUT2D eigenvalue weighted by Gasteiger charge is -2.33. The van der Waals surface area contributed by atoms with Crippen LogP contribution in [0.5, 0.6) is 0 Å². The van der Waals surface area contributed by atoms with Gasteiger partial charge in [0, 0.05) is 18.9 Å². The average molecular weight is 380 g/mol. The maximum Gasteiger partial charge on any atom is 0.226 e. The van der Waals surface area contributed by atoms with Gasteiger partial charge in [-0.3, -0.25) is 9.59 Å². The fraction of sp³-hybridized carbons (Fsp3) is 0.778. The number of likely N-dealkylation sites (tertiary alicyclic amines) is 1. The van der Waals surface area contributed by atoms with E-state index in [0.29, 0.717) is 16.6 Å². The smallest absolute Gasteiger partial charge is 0.226 e. The maximum atomic E-state index is 12.1. The molecule has 8 heteroatoms. The molecule has 1 unspecified atom stereocenters. The number of rotatable bonds is 8. The molecule has 1 aliphatic heterocycles. The van der Waals surface area contributed by atoms with Crippen molar-refractivity contribution in [2.75, 3.05) is 25.0 Å². The highest BCUT2D eigenvalue weighted by Gasteiger charge is 2.55. The van der Waals surface area contributed by atoms with Crippen molar-refractivity contribution in [3.05, 3.63) is 5.51 Å². The van der Waals surface area contributed by atoms with Gasteiger partial charge in [-0.05, 0) is 56.7 Å². The van der Waals surface area contributed by atoms with E-state index >= 15 is 0 Å². The minimum absolute atomic E-state index is 0.0264. The molecule has 2 N–H and O–H groups in total. The molecule has 7 nitrogen and oxygen atoms in total. The highest BCUT2D eigenvalue weighted by molar-refractivity contribution is 7.13. The monoisotopic (exact) mass is 379 g/mol. The van der Waals surface area contributed by atoms with Gasteiger partial charge in [0.2, 0.25) is 16.9 Å². The third kappa shape index (κ3) is 5.23. The second-order valence-corrected chi connectivity index (χ2v) is 8.84. The van der Waals surface area contributed by atoms with E-state index in [1.54, 1.807) is 5.51 Å². The summed E-state index contributed by atoms with van der Waals surface area (Å²) in [6.45, 7) is 8.01. The Morgan fingerprint density at radius 1 is 1.31 bits per heavy atom. The second-order valence-electron chi connectivity index (χ2n) is 8.00. The van der Waals surface area contributed by atoms with Gasteiger partial charge in [-0.1, -0.05) is 25.2 Å². The van der Waals surface area contributed by atoms with Gasteiger partial charge >= 0.3 is 0 Å². The van der Waals surface area contributed by atoms with Crippen molar-refractivity contribution in [2.24, 2.45) is 11.3 Å². The van der Waals surface area contributed by atoms with Crippen molar-refractivity contribution in [3.63, 3.8) is 0 Å². The van der Waals surface area contributed by atoms with E-state index in [4.69, 9.17) is 0 Å². The van der Waals surface area contributed by atoms with Crippen LogP contribution in [-0.4, -0.2) is 52.6 Å². The number of nitrogens with one attached hydrogen (secondary N) is 2. The zero-order valence-corrected chi connectivity index (χ0v) is 16.5. The normalized spacial score (nSPS) is 21.7. The second kappa shape index (κ2) is 8.43. The summed E-state index contributed by atoms with van der Waals surface area (Å²) in [6.07, 6.45) is 5.09. The Morgan fingerprint density at radius 3 is 2.69 bits per heavy atom. The van der Waals surface area contributed by atoms with E-state index in [9.17, 15) is 9.59 Å². The van der Waals surface area contributed by atoms with Gasteiger partial charge in [0.25, 0.3) is 0 Å². The number of hydrogen-bond donors (Lipinski definition) is 2. The SMILES string of the molecule is CC(C)CCN1CCC2(CC1)CC2NC(=O)CCC(=O)Nc1nncs1. The van der Waals surface area contributed by atoms with Crippen LogP contribution < -0.4 is 10.6 Å². The Bertz CT molecular complexity index is 611. The van der Waals surface area contributed by atoms with Gasteiger partial charge < -0.3 is 15.5 Å². The van der Waals surface area contributed by atoms with Gasteiger partial charge in [-0.2, -0.15) is 0 Å². The summed E-state index contributed by atoms with van der Waals surface area (Å²) >= 11 is 1.27. The van der Waals surface area contributed by atoms with E-state index in [1.807, 2.05) is 0 Å². The first kappa shape index (κ1) is 19.2. The molecule has 2 heterocycles. The molecule has 0 radical (unpaired) electrons. The highest BCUT2D eigenvalue weighted by atomic mass is 32.1. The van der Waals surface area contributed by atoms with E-state index < -0.39 is 0 Å². The molecule has 1 aromatic rings. The number of nitrogens with zero attached hydrogens (tertiary/aromatic N) is 3. The largest absolute Gasteiger partial charge is 0.353 e. The van der Waals surface area contributed by atoms with Crippen molar-refractivity contribution in [3.8, 4) is 0 Å². The molecule has 1 saturated carbocycles. The minimum atomic E-state index is -0.194. The van der Waals surface area contributed by atoms with Crippen molar-refractivity contribution in [2.45, 2.75) is 58.4 Å². The number of aromatic nitrogens is 2. The molecule has 0 bridgehead atoms. The van der Waals surface area contributed by atoms with Gasteiger partial charge in [0.15, 0.2) is 0 Å². The third-order valence-corrected chi connectivity index (χ3v) is 6.19. The number of carbonyl (C=O) groups excluding carboxylic acids is 2. The Kier molecular flexibility index (Phi) is 6.24. The highest BCUT2D eigenvalue weighted by Crippen LogP contribution is 2.53. The summed E-state index contributed by atoms with van der Waals surface area (Å²) in [7, 11) is 0. The number of piperidine rings is 1. The molecule has 1 saturated heterocycles. The van der Waals surface area contributed by atoms with Gasteiger partial charge in [0.1, 0.15) is 5.51 Å². The zero-order valence-electron chi connectivity index (χ0n) is 15.7. The van der Waals surface area contributed by atoms with E-state index in [1.165, 1.54) is 37.1 Å². The summed E-state index contributed by atoms with van der Waals surface area (Å²) in [6, 6.07) is 0.300. The summed E-state index contributed by atoms with van der Waals surface area (Å²) in [5.74, 6) is 0.533. The van der Waals surface area contributed by atoms with Crippen molar-refractivity contribution in [1.29, 1.82) is 0 Å². The van der Waals surface area contributed by atoms with Crippen molar-refractivity contribution >= 4 is 28.3 Å². The predicted octanol–water partition coefficient (Wildman–Crippen LogP) is 2.27. The minimum Gasteiger partial charge on any atom is -0.353 e. The average Bonchev–Trinajstić information content (AvgIpc) is 3.01. The first-order chi connectivity index (χ1) is 12.5. The molecule has 2 fully saturated rings. The Hall–Kier alpha value is -1.54. The first-order valence-electron chi connectivity index (χ1n) is 9.54. The lowest BCUT2D eigenvalue weighted by atomic mass is 9.92. The molecule has 144 valence electrons. The molecule has 0 aromatic carbocycles. The molecule has 2 aliphatic rings. The van der Waals surface area contributed by atoms with E-state index in [0.717, 1.165) is 25.4 Å². The third-order valence-electron chi connectivity index (χ3n) is 5.58. The molecular formula is C18H29N5O2S. The van der Waals surface area contributed by atoms with E-state index in [2.05, 4.69) is 39.6 Å². The first-order valence-corrected chi connectivity index (χ1v) is 10.4. The molecule has 1 atom stereocenters. The van der Waals surface area contributed by atoms with Crippen LogP contribution >= 0.6 is 11.3 Å². The van der Waals surface area contributed by atoms with Gasteiger partial charge in [0.05, 0.1) is 0 Å². The summed E-state index contributed by atoms with van der Waals surface area (Å²) in [5, 5.41) is 13.7. The fourth-order valence-electron chi connectivity index (χ4n) is 3.67. The zero-order chi connectivity index (χ0) is 18.6. The molecule has 2 amide bonds. The molecular weight excluding hydrogens is 350 g/mol. The topological polar surface area (TPSA) is 87.2 Å². The lowest BCUT2D eigenvalue weighted by molar-refractivity contribution is -0.124. The number of carbonyl (C=O) groups is 2. The van der Waals surface area contributed by atoms with Crippen LogP contribution in [0, 0.1) is 11.3 Å². The summed E-state index contributed by atoms with van der Waals surface area (Å²) in [5.41, 5.74) is 1.88. The van der Waals surface area contributed by atoms with Crippen LogP contribution in [0.25, 0.3) is 0 Å². The number of hydrogen-bond acceptors (Lipinski definition) is 6. The maximum absolute atomic E-state index is 12.1. The van der Waals surface area contributed by atoms with Crippen LogP contribution in [-0.2, 0) is 9.59 Å². The van der Waals surface area contributed by atoms with Crippen LogP contribution in [0.1, 0.15) is 52.4 Å². The quantitative estimate of drug-likeness (QED) is 0.723. The standard InChI is InChI=1S/C18H29N5O2S/c1-13(2)5-8-23-9-6-18(7-10-23)11-14(18)20-15(24)3-4-16(25)21-17-22-19-12-26-17/h12-14H,3-11H2,1-2H3,(H,20,24)(H,21,22,25). The number of anilines is 1. The summed E-state index contributed by atoms with van der Waals surface area (Å²) in [4.78, 5) is 26.5. The molecule has 1 aliphatic carbocycles. The summed E-state index contributed by atoms with van der Waals surface area (Å²) < 4.78 is 0. The van der Waals surface area contributed by atoms with Gasteiger partial charge in [-0.15, -0.1) is 10.2 Å². The molecule has 1 aromatic heterocycles. The van der Waals surface area contributed by atoms with Crippen LogP contribution in [0.4, 0.5) is 5.13 Å². The fourth-order valence-corrected chi connectivity index (χ4v) is 4.13. The Morgan fingerprint density at radius 2 is 2.04 bits per heavy atom.